The van der Waals surface area contributed by atoms with Crippen LogP contribution in [0, 0.1) is 5.92 Å². The number of aromatic nitrogens is 4. The lowest BCUT2D eigenvalue weighted by Crippen LogP contribution is -2.34. The SMILES string of the molecule is c1ccc(CC2CCN(c3nn4cc(-c5cccnc5)nc4s3)CC2)cc1. The van der Waals surface area contributed by atoms with Crippen molar-refractivity contribution < 1.29 is 0 Å². The zero-order valence-electron chi connectivity index (χ0n) is 15.0. The quantitative estimate of drug-likeness (QED) is 0.533. The van der Waals surface area contributed by atoms with Gasteiger partial charge in [0.05, 0.1) is 11.9 Å². The second-order valence-corrected chi connectivity index (χ2v) is 8.03. The predicted molar refractivity (Wildman–Crippen MR) is 109 cm³/mol. The predicted octanol–water partition coefficient (Wildman–Crippen LogP) is 4.31. The highest BCUT2D eigenvalue weighted by Crippen LogP contribution is 2.30. The Bertz CT molecular complexity index is 985. The van der Waals surface area contributed by atoms with E-state index in [-0.39, 0.29) is 0 Å². The van der Waals surface area contributed by atoms with Crippen LogP contribution in [0.15, 0.2) is 61.1 Å². The van der Waals surface area contributed by atoms with Gasteiger partial charge in [0.15, 0.2) is 0 Å². The summed E-state index contributed by atoms with van der Waals surface area (Å²) in [6.07, 6.45) is 9.23. The first-order chi connectivity index (χ1) is 13.3. The van der Waals surface area contributed by atoms with E-state index in [9.17, 15) is 0 Å². The molecule has 6 heteroatoms. The van der Waals surface area contributed by atoms with Crippen LogP contribution in [0.3, 0.4) is 0 Å². The molecular weight excluding hydrogens is 354 g/mol. The summed E-state index contributed by atoms with van der Waals surface area (Å²) < 4.78 is 1.90. The smallest absolute Gasteiger partial charge is 0.214 e. The number of rotatable bonds is 4. The second-order valence-electron chi connectivity index (χ2n) is 7.10. The monoisotopic (exact) mass is 375 g/mol. The number of piperidine rings is 1. The molecule has 136 valence electrons. The fourth-order valence-corrected chi connectivity index (χ4v) is 4.68. The first-order valence-electron chi connectivity index (χ1n) is 9.41. The van der Waals surface area contributed by atoms with Gasteiger partial charge in [0.2, 0.25) is 10.1 Å². The molecule has 0 aliphatic carbocycles. The van der Waals surface area contributed by atoms with Gasteiger partial charge >= 0.3 is 0 Å². The highest BCUT2D eigenvalue weighted by atomic mass is 32.1. The van der Waals surface area contributed by atoms with Gasteiger partial charge in [-0.3, -0.25) is 4.98 Å². The highest BCUT2D eigenvalue weighted by molar-refractivity contribution is 7.20. The maximum atomic E-state index is 4.77. The molecule has 5 nitrogen and oxygen atoms in total. The van der Waals surface area contributed by atoms with E-state index in [1.54, 1.807) is 17.5 Å². The fourth-order valence-electron chi connectivity index (χ4n) is 3.75. The van der Waals surface area contributed by atoms with Crippen molar-refractivity contribution in [2.24, 2.45) is 5.92 Å². The third kappa shape index (κ3) is 3.45. The van der Waals surface area contributed by atoms with Crippen LogP contribution in [0.4, 0.5) is 5.13 Å². The Balaban J connectivity index is 1.26. The molecule has 0 amide bonds. The largest absolute Gasteiger partial charge is 0.347 e. The number of fused-ring (bicyclic) bond motifs is 1. The van der Waals surface area contributed by atoms with Gasteiger partial charge in [-0.05, 0) is 42.9 Å². The van der Waals surface area contributed by atoms with Crippen LogP contribution in [0.1, 0.15) is 18.4 Å². The van der Waals surface area contributed by atoms with E-state index >= 15 is 0 Å². The summed E-state index contributed by atoms with van der Waals surface area (Å²) in [5, 5.41) is 5.85. The Morgan fingerprint density at radius 3 is 2.63 bits per heavy atom. The minimum atomic E-state index is 0.768. The lowest BCUT2D eigenvalue weighted by Gasteiger charge is -2.31. The Morgan fingerprint density at radius 1 is 1.04 bits per heavy atom. The number of hydrogen-bond acceptors (Lipinski definition) is 5. The van der Waals surface area contributed by atoms with Crippen molar-refractivity contribution in [3.05, 3.63) is 66.6 Å². The van der Waals surface area contributed by atoms with Gasteiger partial charge in [0, 0.05) is 31.0 Å². The molecule has 0 saturated carbocycles. The molecule has 0 N–H and O–H groups in total. The lowest BCUT2D eigenvalue weighted by molar-refractivity contribution is 0.403. The Hall–Kier alpha value is -2.73. The number of anilines is 1. The number of hydrogen-bond donors (Lipinski definition) is 0. The van der Waals surface area contributed by atoms with E-state index < -0.39 is 0 Å². The summed E-state index contributed by atoms with van der Waals surface area (Å²) in [7, 11) is 0. The Morgan fingerprint density at radius 2 is 1.89 bits per heavy atom. The number of benzene rings is 1. The van der Waals surface area contributed by atoms with Gasteiger partial charge in [0.25, 0.3) is 0 Å². The van der Waals surface area contributed by atoms with Crippen LogP contribution in [0.5, 0.6) is 0 Å². The molecular formula is C21H21N5S. The van der Waals surface area contributed by atoms with Crippen LogP contribution < -0.4 is 4.90 Å². The molecule has 0 radical (unpaired) electrons. The Kier molecular flexibility index (Phi) is 4.33. The number of pyridine rings is 1. The second kappa shape index (κ2) is 7.12. The van der Waals surface area contributed by atoms with E-state index in [1.807, 2.05) is 29.0 Å². The normalized spacial score (nSPS) is 15.5. The van der Waals surface area contributed by atoms with Gasteiger partial charge < -0.3 is 4.90 Å². The molecule has 1 aromatic carbocycles. The first kappa shape index (κ1) is 16.4. The molecule has 1 aliphatic rings. The summed E-state index contributed by atoms with van der Waals surface area (Å²) in [5.74, 6) is 0.768. The molecule has 0 atom stereocenters. The van der Waals surface area contributed by atoms with Crippen LogP contribution in [-0.2, 0) is 6.42 Å². The van der Waals surface area contributed by atoms with E-state index in [1.165, 1.54) is 24.8 Å². The molecule has 0 bridgehead atoms. The van der Waals surface area contributed by atoms with E-state index in [4.69, 9.17) is 10.1 Å². The molecule has 0 unspecified atom stereocenters. The molecule has 3 aromatic heterocycles. The molecule has 4 aromatic rings. The van der Waals surface area contributed by atoms with Crippen molar-refractivity contribution in [1.29, 1.82) is 0 Å². The van der Waals surface area contributed by atoms with Crippen LogP contribution in [-0.4, -0.2) is 32.7 Å². The zero-order chi connectivity index (χ0) is 18.1. The minimum absolute atomic E-state index is 0.768. The fraction of sp³-hybridized carbons (Fsp3) is 0.286. The first-order valence-corrected chi connectivity index (χ1v) is 10.2. The van der Waals surface area contributed by atoms with E-state index in [2.05, 4.69) is 40.2 Å². The molecule has 1 saturated heterocycles. The molecule has 1 aliphatic heterocycles. The van der Waals surface area contributed by atoms with Crippen LogP contribution in [0.25, 0.3) is 16.2 Å². The number of nitrogens with zero attached hydrogens (tertiary/aromatic N) is 5. The molecule has 5 rings (SSSR count). The molecule has 4 heterocycles. The average molecular weight is 376 g/mol. The highest BCUT2D eigenvalue weighted by Gasteiger charge is 2.22. The van der Waals surface area contributed by atoms with E-state index in [0.29, 0.717) is 0 Å². The van der Waals surface area contributed by atoms with Crippen LogP contribution >= 0.6 is 11.3 Å². The lowest BCUT2D eigenvalue weighted by atomic mass is 9.90. The third-order valence-corrected chi connectivity index (χ3v) is 6.23. The summed E-state index contributed by atoms with van der Waals surface area (Å²) in [6, 6.07) is 14.8. The maximum absolute atomic E-state index is 4.77. The topological polar surface area (TPSA) is 46.3 Å². The van der Waals surface area contributed by atoms with Crippen molar-refractivity contribution in [1.82, 2.24) is 19.6 Å². The van der Waals surface area contributed by atoms with Crippen molar-refractivity contribution >= 4 is 21.4 Å². The van der Waals surface area contributed by atoms with Crippen LogP contribution in [0.2, 0.25) is 0 Å². The van der Waals surface area contributed by atoms with Gasteiger partial charge in [-0.1, -0.05) is 41.7 Å². The molecule has 1 fully saturated rings. The summed E-state index contributed by atoms with van der Waals surface area (Å²) in [4.78, 5) is 12.2. The van der Waals surface area contributed by atoms with Gasteiger partial charge in [-0.2, -0.15) is 0 Å². The van der Waals surface area contributed by atoms with E-state index in [0.717, 1.165) is 40.4 Å². The summed E-state index contributed by atoms with van der Waals surface area (Å²) in [6.45, 7) is 2.15. The van der Waals surface area contributed by atoms with Gasteiger partial charge in [0.1, 0.15) is 0 Å². The van der Waals surface area contributed by atoms with Crippen molar-refractivity contribution in [2.45, 2.75) is 19.3 Å². The third-order valence-electron chi connectivity index (χ3n) is 5.24. The standard InChI is InChI=1S/C21H21N5S/c1-2-5-16(6-3-1)13-17-8-11-25(12-9-17)21-24-26-15-19(23-20(26)27-21)18-7-4-10-22-14-18/h1-7,10,14-15,17H,8-9,11-13H2. The maximum Gasteiger partial charge on any atom is 0.214 e. The van der Waals surface area contributed by atoms with Crippen molar-refractivity contribution in [3.63, 3.8) is 0 Å². The van der Waals surface area contributed by atoms with Gasteiger partial charge in [-0.15, -0.1) is 5.10 Å². The average Bonchev–Trinajstić information content (AvgIpc) is 3.29. The Labute approximate surface area is 162 Å². The molecule has 0 spiro atoms. The molecule has 27 heavy (non-hydrogen) atoms. The zero-order valence-corrected chi connectivity index (χ0v) is 15.8. The summed E-state index contributed by atoms with van der Waals surface area (Å²) in [5.41, 5.74) is 3.40. The van der Waals surface area contributed by atoms with Crippen molar-refractivity contribution in [2.75, 3.05) is 18.0 Å². The number of imidazole rings is 1. The minimum Gasteiger partial charge on any atom is -0.347 e. The van der Waals surface area contributed by atoms with Gasteiger partial charge in [-0.25, -0.2) is 9.50 Å². The summed E-state index contributed by atoms with van der Waals surface area (Å²) >= 11 is 1.67. The van der Waals surface area contributed by atoms with Crippen molar-refractivity contribution in [3.8, 4) is 11.3 Å².